The van der Waals surface area contributed by atoms with Gasteiger partial charge in [0.2, 0.25) is 0 Å². The molecular formula is C9H7F4N3. The third-order valence-corrected chi connectivity index (χ3v) is 2.36. The quantitative estimate of drug-likeness (QED) is 0.708. The van der Waals surface area contributed by atoms with Gasteiger partial charge in [-0.15, -0.1) is 0 Å². The van der Waals surface area contributed by atoms with E-state index in [0.29, 0.717) is 0 Å². The minimum atomic E-state index is -4.42. The van der Waals surface area contributed by atoms with E-state index in [9.17, 15) is 17.6 Å². The fourth-order valence-electron chi connectivity index (χ4n) is 1.41. The number of hydrogen-bond donors (Lipinski definition) is 0. The monoisotopic (exact) mass is 233 g/mol. The number of rotatable bonds is 1. The van der Waals surface area contributed by atoms with Gasteiger partial charge in [-0.3, -0.25) is 0 Å². The topological polar surface area (TPSA) is 30.2 Å². The van der Waals surface area contributed by atoms with Gasteiger partial charge < -0.3 is 0 Å². The highest BCUT2D eigenvalue weighted by molar-refractivity contribution is 5.48. The third kappa shape index (κ3) is 1.62. The molecule has 0 aliphatic heterocycles. The van der Waals surface area contributed by atoms with Crippen LogP contribution in [0, 0.1) is 5.82 Å². The first-order valence-electron chi connectivity index (χ1n) is 4.45. The van der Waals surface area contributed by atoms with E-state index in [2.05, 4.69) is 10.1 Å². The zero-order chi connectivity index (χ0) is 11.9. The molecule has 86 valence electrons. The van der Waals surface area contributed by atoms with Gasteiger partial charge in [0.15, 0.2) is 5.82 Å². The van der Waals surface area contributed by atoms with Crippen LogP contribution in [0.25, 0.3) is 5.52 Å². The normalized spacial score (nSPS) is 14.3. The predicted octanol–water partition coefficient (Wildman–Crippen LogP) is 2.53. The lowest BCUT2D eigenvalue weighted by Gasteiger charge is -2.14. The molecule has 0 saturated carbocycles. The van der Waals surface area contributed by atoms with Crippen LogP contribution in [0.15, 0.2) is 18.6 Å². The molecule has 0 N–H and O–H groups in total. The minimum absolute atomic E-state index is 0.0615. The molecule has 1 atom stereocenters. The van der Waals surface area contributed by atoms with Crippen molar-refractivity contribution in [3.63, 3.8) is 0 Å². The molecule has 0 spiro atoms. The maximum Gasteiger partial charge on any atom is 0.396 e. The standard InChI is InChI=1S/C9H7F4N3/c1-5(9(11,12)13)7-2-6(10)8-3-14-4-15-16(7)8/h2-5H,1H3/t5-/m0/s1. The van der Waals surface area contributed by atoms with Crippen molar-refractivity contribution in [2.75, 3.05) is 0 Å². The SMILES string of the molecule is C[C@@H](c1cc(F)c2cncnn12)C(F)(F)F. The highest BCUT2D eigenvalue weighted by Gasteiger charge is 2.39. The van der Waals surface area contributed by atoms with Crippen LogP contribution in [0.4, 0.5) is 17.6 Å². The lowest BCUT2D eigenvalue weighted by Crippen LogP contribution is -2.19. The van der Waals surface area contributed by atoms with Crippen molar-refractivity contribution in [2.45, 2.75) is 19.0 Å². The number of nitrogens with zero attached hydrogens (tertiary/aromatic N) is 3. The lowest BCUT2D eigenvalue weighted by atomic mass is 10.1. The molecule has 16 heavy (non-hydrogen) atoms. The summed E-state index contributed by atoms with van der Waals surface area (Å²) in [6, 6.07) is 0.835. The number of hydrogen-bond acceptors (Lipinski definition) is 2. The van der Waals surface area contributed by atoms with Crippen LogP contribution in [-0.2, 0) is 0 Å². The van der Waals surface area contributed by atoms with E-state index in [0.717, 1.165) is 30.0 Å². The number of fused-ring (bicyclic) bond motifs is 1. The molecule has 0 aliphatic carbocycles. The molecule has 0 bridgehead atoms. The zero-order valence-corrected chi connectivity index (χ0v) is 8.16. The van der Waals surface area contributed by atoms with Crippen molar-refractivity contribution < 1.29 is 17.6 Å². The molecule has 3 nitrogen and oxygen atoms in total. The minimum Gasteiger partial charge on any atom is -0.241 e. The lowest BCUT2D eigenvalue weighted by molar-refractivity contribution is -0.147. The maximum atomic E-state index is 13.3. The largest absolute Gasteiger partial charge is 0.396 e. The van der Waals surface area contributed by atoms with Crippen LogP contribution >= 0.6 is 0 Å². The van der Waals surface area contributed by atoms with Crippen LogP contribution in [-0.4, -0.2) is 20.8 Å². The van der Waals surface area contributed by atoms with Crippen LogP contribution in [0.1, 0.15) is 18.5 Å². The molecule has 0 radical (unpaired) electrons. The molecule has 0 saturated heterocycles. The Morgan fingerprint density at radius 1 is 1.38 bits per heavy atom. The molecule has 0 amide bonds. The average Bonchev–Trinajstić information content (AvgIpc) is 2.55. The Hall–Kier alpha value is -1.66. The Morgan fingerprint density at radius 2 is 2.06 bits per heavy atom. The van der Waals surface area contributed by atoms with Gasteiger partial charge in [-0.25, -0.2) is 13.9 Å². The number of aromatic nitrogens is 3. The summed E-state index contributed by atoms with van der Waals surface area (Å²) in [6.07, 6.45) is -2.22. The number of halogens is 4. The van der Waals surface area contributed by atoms with E-state index in [1.807, 2.05) is 0 Å². The first-order chi connectivity index (χ1) is 7.41. The first kappa shape index (κ1) is 10.8. The molecule has 2 aromatic rings. The van der Waals surface area contributed by atoms with Crippen LogP contribution in [0.2, 0.25) is 0 Å². The molecule has 0 fully saturated rings. The molecule has 2 heterocycles. The second-order valence-corrected chi connectivity index (χ2v) is 3.39. The third-order valence-electron chi connectivity index (χ3n) is 2.36. The Kier molecular flexibility index (Phi) is 2.32. The molecule has 2 aromatic heterocycles. The van der Waals surface area contributed by atoms with E-state index in [1.54, 1.807) is 0 Å². The van der Waals surface area contributed by atoms with Gasteiger partial charge in [0, 0.05) is 0 Å². The van der Waals surface area contributed by atoms with Gasteiger partial charge in [0.25, 0.3) is 0 Å². The Balaban J connectivity index is 2.62. The highest BCUT2D eigenvalue weighted by atomic mass is 19.4. The van der Waals surface area contributed by atoms with Crippen molar-refractivity contribution in [1.82, 2.24) is 14.6 Å². The molecule has 0 aromatic carbocycles. The van der Waals surface area contributed by atoms with E-state index in [1.165, 1.54) is 0 Å². The van der Waals surface area contributed by atoms with Gasteiger partial charge in [-0.2, -0.15) is 18.3 Å². The summed E-state index contributed by atoms with van der Waals surface area (Å²) >= 11 is 0. The van der Waals surface area contributed by atoms with Crippen LogP contribution in [0.3, 0.4) is 0 Å². The summed E-state index contributed by atoms with van der Waals surface area (Å²) in [6.45, 7) is 0.962. The molecule has 0 aliphatic rings. The Morgan fingerprint density at radius 3 is 2.69 bits per heavy atom. The van der Waals surface area contributed by atoms with Crippen LogP contribution in [0.5, 0.6) is 0 Å². The Bertz CT molecular complexity index is 517. The maximum absolute atomic E-state index is 13.3. The zero-order valence-electron chi connectivity index (χ0n) is 8.16. The Labute approximate surface area is 87.7 Å². The van der Waals surface area contributed by atoms with E-state index >= 15 is 0 Å². The van der Waals surface area contributed by atoms with Crippen molar-refractivity contribution >= 4 is 5.52 Å². The van der Waals surface area contributed by atoms with Crippen molar-refractivity contribution in [3.05, 3.63) is 30.1 Å². The second-order valence-electron chi connectivity index (χ2n) is 3.39. The summed E-state index contributed by atoms with van der Waals surface area (Å²) in [5.41, 5.74) is -0.295. The van der Waals surface area contributed by atoms with Gasteiger partial charge in [-0.1, -0.05) is 0 Å². The van der Waals surface area contributed by atoms with E-state index < -0.39 is 17.9 Å². The average molecular weight is 233 g/mol. The van der Waals surface area contributed by atoms with E-state index in [-0.39, 0.29) is 11.2 Å². The summed E-state index contributed by atoms with van der Waals surface area (Å²) < 4.78 is 51.7. The molecule has 2 rings (SSSR count). The molecule has 7 heteroatoms. The summed E-state index contributed by atoms with van der Waals surface area (Å²) in [5, 5.41) is 3.60. The summed E-state index contributed by atoms with van der Waals surface area (Å²) in [4.78, 5) is 3.56. The summed E-state index contributed by atoms with van der Waals surface area (Å²) in [7, 11) is 0. The van der Waals surface area contributed by atoms with Gasteiger partial charge in [0.05, 0.1) is 17.8 Å². The summed E-state index contributed by atoms with van der Waals surface area (Å²) in [5.74, 6) is -2.54. The second kappa shape index (κ2) is 3.43. The fraction of sp³-hybridized carbons (Fsp3) is 0.333. The van der Waals surface area contributed by atoms with E-state index in [4.69, 9.17) is 0 Å². The first-order valence-corrected chi connectivity index (χ1v) is 4.45. The fourth-order valence-corrected chi connectivity index (χ4v) is 1.41. The van der Waals surface area contributed by atoms with Gasteiger partial charge >= 0.3 is 6.18 Å². The number of alkyl halides is 3. The van der Waals surface area contributed by atoms with Crippen molar-refractivity contribution in [3.8, 4) is 0 Å². The smallest absolute Gasteiger partial charge is 0.241 e. The van der Waals surface area contributed by atoms with Crippen molar-refractivity contribution in [2.24, 2.45) is 0 Å². The van der Waals surface area contributed by atoms with Gasteiger partial charge in [-0.05, 0) is 13.0 Å². The van der Waals surface area contributed by atoms with Crippen LogP contribution < -0.4 is 0 Å². The van der Waals surface area contributed by atoms with Gasteiger partial charge in [0.1, 0.15) is 11.8 Å². The van der Waals surface area contributed by atoms with Crippen molar-refractivity contribution in [1.29, 1.82) is 0 Å². The molecular weight excluding hydrogens is 226 g/mol. The predicted molar refractivity (Wildman–Crippen MR) is 47.4 cm³/mol. The highest BCUT2D eigenvalue weighted by Crippen LogP contribution is 2.35. The molecule has 0 unspecified atom stereocenters.